The van der Waals surface area contributed by atoms with Gasteiger partial charge in [0.05, 0.1) is 7.11 Å². The maximum Gasteiger partial charge on any atom is 0.334 e. The minimum atomic E-state index is -0.198. The second-order valence-corrected chi connectivity index (χ2v) is 2.75. The quantitative estimate of drug-likeness (QED) is 0.579. The Hall–Kier alpha value is -0.830. The monoisotopic (exact) mass is 185 g/mol. The maximum absolute atomic E-state index is 11.0. The lowest BCUT2D eigenvalue weighted by atomic mass is 10.1. The third-order valence-corrected chi connectivity index (χ3v) is 1.79. The van der Waals surface area contributed by atoms with Gasteiger partial charge in [-0.2, -0.15) is 0 Å². The van der Waals surface area contributed by atoms with E-state index >= 15 is 0 Å². The smallest absolute Gasteiger partial charge is 0.334 e. The highest BCUT2D eigenvalue weighted by atomic mass is 16.5. The van der Waals surface area contributed by atoms with Crippen LogP contribution in [0.5, 0.6) is 0 Å². The van der Waals surface area contributed by atoms with Gasteiger partial charge in [-0.3, -0.25) is 0 Å². The zero-order valence-corrected chi connectivity index (χ0v) is 8.96. The lowest BCUT2D eigenvalue weighted by Crippen LogP contribution is -2.28. The molecule has 0 saturated heterocycles. The third kappa shape index (κ3) is 4.08. The van der Waals surface area contributed by atoms with Crippen LogP contribution in [0.15, 0.2) is 11.6 Å². The van der Waals surface area contributed by atoms with E-state index in [2.05, 4.69) is 9.64 Å². The fourth-order valence-electron chi connectivity index (χ4n) is 1.17. The van der Waals surface area contributed by atoms with Gasteiger partial charge in [0.1, 0.15) is 0 Å². The van der Waals surface area contributed by atoms with Crippen LogP contribution in [0.1, 0.15) is 20.3 Å². The van der Waals surface area contributed by atoms with Gasteiger partial charge in [0.2, 0.25) is 0 Å². The van der Waals surface area contributed by atoms with E-state index in [1.165, 1.54) is 7.11 Å². The average molecular weight is 185 g/mol. The fraction of sp³-hybridized carbons (Fsp3) is 0.700. The molecule has 0 unspecified atom stereocenters. The Labute approximate surface area is 80.4 Å². The molecule has 3 nitrogen and oxygen atoms in total. The molecule has 0 aromatic carbocycles. The zero-order valence-electron chi connectivity index (χ0n) is 8.96. The lowest BCUT2D eigenvalue weighted by molar-refractivity contribution is -0.136. The molecule has 76 valence electrons. The van der Waals surface area contributed by atoms with Crippen molar-refractivity contribution >= 4 is 5.97 Å². The van der Waals surface area contributed by atoms with Crippen LogP contribution in [-0.4, -0.2) is 38.1 Å². The lowest BCUT2D eigenvalue weighted by Gasteiger charge is -2.21. The van der Waals surface area contributed by atoms with Gasteiger partial charge in [0.25, 0.3) is 0 Å². The Morgan fingerprint density at radius 3 is 2.62 bits per heavy atom. The molecular weight excluding hydrogens is 166 g/mol. The van der Waals surface area contributed by atoms with Crippen LogP contribution < -0.4 is 0 Å². The molecule has 1 aliphatic heterocycles. The molecule has 1 rings (SSSR count). The fourth-order valence-corrected chi connectivity index (χ4v) is 1.17. The van der Waals surface area contributed by atoms with E-state index in [0.29, 0.717) is 6.54 Å². The standard InChI is InChI=1S/C8H13NO2.C2H6/c1-9-5-3-4-7(6-9)8(10)11-2;1-2/h4H,3,5-6H2,1-2H3;1-2H3. The van der Waals surface area contributed by atoms with E-state index in [4.69, 9.17) is 0 Å². The first kappa shape index (κ1) is 12.2. The number of carbonyl (C=O) groups is 1. The molecule has 0 bridgehead atoms. The number of methoxy groups -OCH3 is 1. The van der Waals surface area contributed by atoms with Gasteiger partial charge in [-0.25, -0.2) is 4.79 Å². The van der Waals surface area contributed by atoms with Crippen molar-refractivity contribution in [3.63, 3.8) is 0 Å². The summed E-state index contributed by atoms with van der Waals surface area (Å²) in [5.74, 6) is -0.198. The summed E-state index contributed by atoms with van der Waals surface area (Å²) < 4.78 is 4.60. The molecule has 0 spiro atoms. The molecular formula is C10H19NO2. The highest BCUT2D eigenvalue weighted by molar-refractivity contribution is 5.88. The van der Waals surface area contributed by atoms with Crippen LogP contribution in [0.3, 0.4) is 0 Å². The summed E-state index contributed by atoms with van der Waals surface area (Å²) in [5.41, 5.74) is 0.779. The van der Waals surface area contributed by atoms with E-state index in [1.807, 2.05) is 27.0 Å². The number of rotatable bonds is 1. The summed E-state index contributed by atoms with van der Waals surface area (Å²) in [6, 6.07) is 0. The molecule has 1 heterocycles. The van der Waals surface area contributed by atoms with Crippen molar-refractivity contribution in [2.24, 2.45) is 0 Å². The Morgan fingerprint density at radius 2 is 2.15 bits per heavy atom. The Morgan fingerprint density at radius 1 is 1.54 bits per heavy atom. The maximum atomic E-state index is 11.0. The normalized spacial score (nSPS) is 16.8. The van der Waals surface area contributed by atoms with Crippen LogP contribution in [0.4, 0.5) is 0 Å². The van der Waals surface area contributed by atoms with E-state index < -0.39 is 0 Å². The molecule has 13 heavy (non-hydrogen) atoms. The van der Waals surface area contributed by atoms with E-state index in [9.17, 15) is 4.79 Å². The van der Waals surface area contributed by atoms with Crippen molar-refractivity contribution in [1.82, 2.24) is 4.90 Å². The SMILES string of the molecule is CC.COC(=O)C1=CCCN(C)C1. The van der Waals surface area contributed by atoms with Crippen LogP contribution in [-0.2, 0) is 9.53 Å². The van der Waals surface area contributed by atoms with E-state index in [1.54, 1.807) is 0 Å². The number of carbonyl (C=O) groups excluding carboxylic acids is 1. The Kier molecular flexibility index (Phi) is 6.24. The first-order valence-corrected chi connectivity index (χ1v) is 4.70. The molecule has 0 aromatic heterocycles. The third-order valence-electron chi connectivity index (χ3n) is 1.79. The summed E-state index contributed by atoms with van der Waals surface area (Å²) in [6.45, 7) is 5.74. The molecule has 0 N–H and O–H groups in total. The van der Waals surface area contributed by atoms with Crippen LogP contribution in [0, 0.1) is 0 Å². The van der Waals surface area contributed by atoms with E-state index in [0.717, 1.165) is 18.5 Å². The molecule has 3 heteroatoms. The molecule has 0 saturated carbocycles. The largest absolute Gasteiger partial charge is 0.466 e. The summed E-state index contributed by atoms with van der Waals surface area (Å²) in [4.78, 5) is 13.1. The van der Waals surface area contributed by atoms with Crippen LogP contribution in [0.25, 0.3) is 0 Å². The number of nitrogens with zero attached hydrogens (tertiary/aromatic N) is 1. The number of hydrogen-bond acceptors (Lipinski definition) is 3. The van der Waals surface area contributed by atoms with Gasteiger partial charge in [-0.15, -0.1) is 0 Å². The van der Waals surface area contributed by atoms with Gasteiger partial charge in [0.15, 0.2) is 0 Å². The zero-order chi connectivity index (χ0) is 10.3. The number of ether oxygens (including phenoxy) is 1. The molecule has 0 radical (unpaired) electrons. The van der Waals surface area contributed by atoms with Gasteiger partial charge in [-0.1, -0.05) is 19.9 Å². The van der Waals surface area contributed by atoms with Crippen molar-refractivity contribution in [2.45, 2.75) is 20.3 Å². The van der Waals surface area contributed by atoms with Crippen LogP contribution in [0.2, 0.25) is 0 Å². The first-order valence-electron chi connectivity index (χ1n) is 4.70. The van der Waals surface area contributed by atoms with Crippen molar-refractivity contribution in [1.29, 1.82) is 0 Å². The Balaban J connectivity index is 0.000000671. The first-order chi connectivity index (χ1) is 6.24. The summed E-state index contributed by atoms with van der Waals surface area (Å²) in [7, 11) is 3.41. The van der Waals surface area contributed by atoms with E-state index in [-0.39, 0.29) is 5.97 Å². The number of hydrogen-bond donors (Lipinski definition) is 0. The minimum Gasteiger partial charge on any atom is -0.466 e. The number of likely N-dealkylation sites (N-methyl/N-ethyl adjacent to an activating group) is 1. The van der Waals surface area contributed by atoms with Gasteiger partial charge in [0, 0.05) is 18.7 Å². The molecule has 0 amide bonds. The predicted molar refractivity (Wildman–Crippen MR) is 53.6 cm³/mol. The molecule has 0 fully saturated rings. The van der Waals surface area contributed by atoms with Crippen molar-refractivity contribution in [3.05, 3.63) is 11.6 Å². The average Bonchev–Trinajstić information content (AvgIpc) is 2.20. The second-order valence-electron chi connectivity index (χ2n) is 2.75. The van der Waals surface area contributed by atoms with Crippen molar-refractivity contribution in [3.8, 4) is 0 Å². The van der Waals surface area contributed by atoms with Crippen LogP contribution >= 0.6 is 0 Å². The molecule has 0 aliphatic carbocycles. The summed E-state index contributed by atoms with van der Waals surface area (Å²) in [6.07, 6.45) is 2.90. The van der Waals surface area contributed by atoms with Gasteiger partial charge >= 0.3 is 5.97 Å². The van der Waals surface area contributed by atoms with Crippen molar-refractivity contribution in [2.75, 3.05) is 27.2 Å². The van der Waals surface area contributed by atoms with Crippen molar-refractivity contribution < 1.29 is 9.53 Å². The molecule has 0 aromatic rings. The predicted octanol–water partition coefficient (Wildman–Crippen LogP) is 1.45. The molecule has 0 atom stereocenters. The summed E-state index contributed by atoms with van der Waals surface area (Å²) >= 11 is 0. The summed E-state index contributed by atoms with van der Waals surface area (Å²) in [5, 5.41) is 0. The number of esters is 1. The second kappa shape index (κ2) is 6.66. The molecule has 1 aliphatic rings. The topological polar surface area (TPSA) is 29.5 Å². The van der Waals surface area contributed by atoms with Gasteiger partial charge < -0.3 is 9.64 Å². The highest BCUT2D eigenvalue weighted by Gasteiger charge is 2.14. The van der Waals surface area contributed by atoms with Gasteiger partial charge in [-0.05, 0) is 13.5 Å². The minimum absolute atomic E-state index is 0.198. The Bertz CT molecular complexity index is 187. The highest BCUT2D eigenvalue weighted by Crippen LogP contribution is 2.08.